The second-order valence-corrected chi connectivity index (χ2v) is 9.26. The molecule has 188 valence electrons. The number of carbonyl (C=O) groups is 1. The molecule has 1 aliphatic heterocycles. The van der Waals surface area contributed by atoms with Crippen LogP contribution in [0.2, 0.25) is 0 Å². The van der Waals surface area contributed by atoms with E-state index in [0.717, 1.165) is 39.8 Å². The van der Waals surface area contributed by atoms with Crippen molar-refractivity contribution >= 4 is 29.0 Å². The maximum Gasteiger partial charge on any atom is 0.337 e. The van der Waals surface area contributed by atoms with Crippen LogP contribution >= 0.6 is 12.2 Å². The number of ether oxygens (including phenoxy) is 2. The maximum atomic E-state index is 11.9. The van der Waals surface area contributed by atoms with Crippen LogP contribution in [0.15, 0.2) is 79.0 Å². The number of aromatic nitrogens is 2. The van der Waals surface area contributed by atoms with Gasteiger partial charge >= 0.3 is 5.97 Å². The van der Waals surface area contributed by atoms with E-state index in [2.05, 4.69) is 39.7 Å². The van der Waals surface area contributed by atoms with E-state index < -0.39 is 0 Å². The number of esters is 1. The molecular weight excluding hydrogens is 484 g/mol. The van der Waals surface area contributed by atoms with E-state index in [9.17, 15) is 4.79 Å². The summed E-state index contributed by atoms with van der Waals surface area (Å²) in [7, 11) is 3.05. The van der Waals surface area contributed by atoms with Crippen LogP contribution in [0.4, 0.5) is 5.69 Å². The molecule has 2 aromatic carbocycles. The first-order valence-electron chi connectivity index (χ1n) is 12.0. The fourth-order valence-electron chi connectivity index (χ4n) is 5.11. The third kappa shape index (κ3) is 4.34. The molecule has 0 aliphatic carbocycles. The number of carbonyl (C=O) groups excluding carboxylic acids is 1. The summed E-state index contributed by atoms with van der Waals surface area (Å²) in [5.41, 5.74) is 6.51. The lowest BCUT2D eigenvalue weighted by molar-refractivity contribution is 0.0600. The molecule has 1 saturated heterocycles. The summed E-state index contributed by atoms with van der Waals surface area (Å²) in [4.78, 5) is 18.7. The Balaban J connectivity index is 1.65. The summed E-state index contributed by atoms with van der Waals surface area (Å²) < 4.78 is 12.8. The van der Waals surface area contributed by atoms with Gasteiger partial charge in [0.1, 0.15) is 5.75 Å². The van der Waals surface area contributed by atoms with Gasteiger partial charge in [-0.25, -0.2) is 4.79 Å². The number of para-hydroxylation sites is 2. The lowest BCUT2D eigenvalue weighted by Gasteiger charge is -2.29. The third-order valence-electron chi connectivity index (χ3n) is 6.78. The number of hydrogen-bond donors (Lipinski definition) is 1. The summed E-state index contributed by atoms with van der Waals surface area (Å²) >= 11 is 5.89. The number of rotatable bonds is 6. The number of nitrogens with one attached hydrogen (secondary N) is 1. The van der Waals surface area contributed by atoms with E-state index >= 15 is 0 Å². The Morgan fingerprint density at radius 2 is 1.73 bits per heavy atom. The molecule has 5 rings (SSSR count). The van der Waals surface area contributed by atoms with Crippen molar-refractivity contribution in [2.24, 2.45) is 0 Å². The summed E-state index contributed by atoms with van der Waals surface area (Å²) in [5, 5.41) is 4.13. The Morgan fingerprint density at radius 1 is 1.00 bits per heavy atom. The Hall–Kier alpha value is -4.17. The van der Waals surface area contributed by atoms with Crippen LogP contribution < -0.4 is 15.0 Å². The third-order valence-corrected chi connectivity index (χ3v) is 7.09. The van der Waals surface area contributed by atoms with Crippen molar-refractivity contribution in [2.75, 3.05) is 19.1 Å². The average Bonchev–Trinajstić information content (AvgIpc) is 3.43. The summed E-state index contributed by atoms with van der Waals surface area (Å²) in [6.07, 6.45) is 1.80. The number of pyridine rings is 1. The zero-order chi connectivity index (χ0) is 26.1. The van der Waals surface area contributed by atoms with Crippen LogP contribution in [-0.2, 0) is 4.74 Å². The normalized spacial score (nSPS) is 17.0. The van der Waals surface area contributed by atoms with Crippen molar-refractivity contribution in [3.63, 3.8) is 0 Å². The van der Waals surface area contributed by atoms with Gasteiger partial charge in [0.15, 0.2) is 5.11 Å². The number of anilines is 1. The molecular formula is C29H28N4O3S. The topological polar surface area (TPSA) is 68.6 Å². The number of nitrogens with zero attached hydrogens (tertiary/aromatic N) is 3. The van der Waals surface area contributed by atoms with Gasteiger partial charge in [0.05, 0.1) is 43.2 Å². The van der Waals surface area contributed by atoms with Crippen LogP contribution in [0.3, 0.4) is 0 Å². The number of benzene rings is 2. The first kappa shape index (κ1) is 24.5. The average molecular weight is 513 g/mol. The summed E-state index contributed by atoms with van der Waals surface area (Å²) in [6.45, 7) is 4.18. The number of hydrogen-bond acceptors (Lipinski definition) is 5. The van der Waals surface area contributed by atoms with Gasteiger partial charge in [-0.2, -0.15) is 0 Å². The Labute approximate surface area is 221 Å². The molecule has 37 heavy (non-hydrogen) atoms. The van der Waals surface area contributed by atoms with Gasteiger partial charge in [-0.1, -0.05) is 18.2 Å². The molecule has 7 nitrogen and oxygen atoms in total. The molecule has 0 unspecified atom stereocenters. The lowest BCUT2D eigenvalue weighted by atomic mass is 9.96. The van der Waals surface area contributed by atoms with Crippen LogP contribution in [0.25, 0.3) is 5.69 Å². The van der Waals surface area contributed by atoms with E-state index in [4.69, 9.17) is 21.7 Å². The molecule has 1 aliphatic rings. The minimum Gasteiger partial charge on any atom is -0.495 e. The van der Waals surface area contributed by atoms with Crippen molar-refractivity contribution in [1.82, 2.24) is 14.9 Å². The molecule has 3 heterocycles. The highest BCUT2D eigenvalue weighted by Crippen LogP contribution is 2.46. The molecule has 2 aromatic heterocycles. The van der Waals surface area contributed by atoms with E-state index in [1.807, 2.05) is 54.6 Å². The van der Waals surface area contributed by atoms with Crippen LogP contribution in [-0.4, -0.2) is 34.9 Å². The van der Waals surface area contributed by atoms with E-state index in [1.165, 1.54) is 7.11 Å². The molecule has 4 aromatic rings. The predicted molar refractivity (Wildman–Crippen MR) is 148 cm³/mol. The van der Waals surface area contributed by atoms with Crippen molar-refractivity contribution in [3.05, 3.63) is 107 Å². The van der Waals surface area contributed by atoms with Gasteiger partial charge in [0.25, 0.3) is 0 Å². The molecule has 1 fully saturated rings. The Kier molecular flexibility index (Phi) is 6.67. The largest absolute Gasteiger partial charge is 0.495 e. The number of methoxy groups -OCH3 is 2. The molecule has 0 amide bonds. The van der Waals surface area contributed by atoms with Gasteiger partial charge < -0.3 is 24.3 Å². The monoisotopic (exact) mass is 512 g/mol. The fourth-order valence-corrected chi connectivity index (χ4v) is 5.45. The molecule has 0 saturated carbocycles. The summed E-state index contributed by atoms with van der Waals surface area (Å²) in [5.74, 6) is 0.384. The van der Waals surface area contributed by atoms with Crippen molar-refractivity contribution in [3.8, 4) is 11.4 Å². The fraction of sp³-hybridized carbons (Fsp3) is 0.207. The minimum atomic E-state index is -0.357. The molecule has 1 N–H and O–H groups in total. The predicted octanol–water partition coefficient (Wildman–Crippen LogP) is 5.46. The van der Waals surface area contributed by atoms with Gasteiger partial charge in [0, 0.05) is 23.3 Å². The van der Waals surface area contributed by atoms with Crippen molar-refractivity contribution in [2.45, 2.75) is 25.9 Å². The smallest absolute Gasteiger partial charge is 0.337 e. The summed E-state index contributed by atoms with van der Waals surface area (Å²) in [6, 6.07) is 23.1. The Bertz CT molecular complexity index is 1450. The first-order valence-corrected chi connectivity index (χ1v) is 12.4. The number of aryl methyl sites for hydroxylation is 1. The van der Waals surface area contributed by atoms with Crippen LogP contribution in [0, 0.1) is 13.8 Å². The molecule has 8 heteroatoms. The van der Waals surface area contributed by atoms with Gasteiger partial charge in [-0.3, -0.25) is 4.98 Å². The maximum absolute atomic E-state index is 11.9. The SMILES string of the molecule is COC(=O)c1ccc(-n2c(C)cc([C@H]3[C@@H](c4ccccn4)NC(=S)N3c3ccccc3OC)c2C)cc1. The standard InChI is InChI=1S/C29H28N4O3S/c1-18-17-22(19(2)32(18)21-14-12-20(13-15-21)28(34)36-4)27-26(23-9-7-8-16-30-23)31-29(37)33(27)24-10-5-6-11-25(24)35-3/h5-17,26-27H,1-4H3,(H,31,37)/t26-,27+/m1/s1. The molecule has 0 spiro atoms. The second-order valence-electron chi connectivity index (χ2n) is 8.87. The van der Waals surface area contributed by atoms with E-state index in [1.54, 1.807) is 25.4 Å². The quantitative estimate of drug-likeness (QED) is 0.272. The van der Waals surface area contributed by atoms with Crippen LogP contribution in [0.1, 0.15) is 45.1 Å². The van der Waals surface area contributed by atoms with E-state index in [0.29, 0.717) is 10.7 Å². The van der Waals surface area contributed by atoms with Gasteiger partial charge in [-0.15, -0.1) is 0 Å². The second kappa shape index (κ2) is 10.1. The molecule has 2 atom stereocenters. The molecule has 0 bridgehead atoms. The van der Waals surface area contributed by atoms with Gasteiger partial charge in [0.2, 0.25) is 0 Å². The van der Waals surface area contributed by atoms with E-state index in [-0.39, 0.29) is 18.1 Å². The van der Waals surface area contributed by atoms with Gasteiger partial charge in [-0.05, 0) is 86.2 Å². The highest BCUT2D eigenvalue weighted by Gasteiger charge is 2.43. The first-order chi connectivity index (χ1) is 17.9. The zero-order valence-corrected chi connectivity index (χ0v) is 22.0. The van der Waals surface area contributed by atoms with Crippen molar-refractivity contribution < 1.29 is 14.3 Å². The lowest BCUT2D eigenvalue weighted by Crippen LogP contribution is -2.30. The molecule has 0 radical (unpaired) electrons. The highest BCUT2D eigenvalue weighted by molar-refractivity contribution is 7.80. The zero-order valence-electron chi connectivity index (χ0n) is 21.1. The minimum absolute atomic E-state index is 0.172. The van der Waals surface area contributed by atoms with Crippen molar-refractivity contribution in [1.29, 1.82) is 0 Å². The Morgan fingerprint density at radius 3 is 2.41 bits per heavy atom. The van der Waals surface area contributed by atoms with Crippen LogP contribution in [0.5, 0.6) is 5.75 Å². The highest BCUT2D eigenvalue weighted by atomic mass is 32.1. The number of thiocarbonyl (C=S) groups is 1.